The summed E-state index contributed by atoms with van der Waals surface area (Å²) in [6.45, 7) is 2.01. The van der Waals surface area contributed by atoms with Crippen molar-refractivity contribution in [3.8, 4) is 22.8 Å². The fourth-order valence-corrected chi connectivity index (χ4v) is 3.01. The zero-order valence-corrected chi connectivity index (χ0v) is 14.3. The second kappa shape index (κ2) is 6.79. The molecule has 5 nitrogen and oxygen atoms in total. The third kappa shape index (κ3) is 3.39. The summed E-state index contributed by atoms with van der Waals surface area (Å²) in [5.74, 6) is 1.40. The molecule has 0 spiro atoms. The maximum absolute atomic E-state index is 11.8. The van der Waals surface area contributed by atoms with Crippen LogP contribution in [0.15, 0.2) is 18.2 Å². The zero-order valence-electron chi connectivity index (χ0n) is 13.5. The van der Waals surface area contributed by atoms with E-state index in [-0.39, 0.29) is 5.91 Å². The normalized spacial score (nSPS) is 10.4. The highest BCUT2D eigenvalue weighted by molar-refractivity contribution is 7.12. The monoisotopic (exact) mass is 320 g/mol. The maximum atomic E-state index is 11.8. The molecule has 0 aliphatic carbocycles. The van der Waals surface area contributed by atoms with Crippen molar-refractivity contribution in [1.29, 1.82) is 0 Å². The molecule has 2 rings (SSSR count). The van der Waals surface area contributed by atoms with Crippen LogP contribution in [0, 0.1) is 6.92 Å². The van der Waals surface area contributed by atoms with Crippen LogP contribution in [0.4, 0.5) is 0 Å². The van der Waals surface area contributed by atoms with E-state index in [1.165, 1.54) is 0 Å². The molecule has 0 aliphatic rings. The first-order chi connectivity index (χ1) is 10.5. The van der Waals surface area contributed by atoms with E-state index < -0.39 is 0 Å². The molecule has 1 aromatic heterocycles. The highest BCUT2D eigenvalue weighted by Gasteiger charge is 2.15. The van der Waals surface area contributed by atoms with Crippen LogP contribution in [0.2, 0.25) is 0 Å². The van der Waals surface area contributed by atoms with Crippen LogP contribution < -0.4 is 9.47 Å². The van der Waals surface area contributed by atoms with Gasteiger partial charge in [0, 0.05) is 24.5 Å². The lowest BCUT2D eigenvalue weighted by Crippen LogP contribution is -2.23. The van der Waals surface area contributed by atoms with Gasteiger partial charge in [-0.2, -0.15) is 0 Å². The van der Waals surface area contributed by atoms with Crippen LogP contribution in [-0.4, -0.2) is 44.1 Å². The molecule has 0 unspecified atom stereocenters. The van der Waals surface area contributed by atoms with Crippen molar-refractivity contribution in [2.75, 3.05) is 28.3 Å². The number of methoxy groups -OCH3 is 2. The molecule has 118 valence electrons. The van der Waals surface area contributed by atoms with Crippen molar-refractivity contribution in [3.05, 3.63) is 28.1 Å². The van der Waals surface area contributed by atoms with Crippen LogP contribution in [0.25, 0.3) is 11.3 Å². The summed E-state index contributed by atoms with van der Waals surface area (Å²) in [5, 5.41) is 0.820. The van der Waals surface area contributed by atoms with E-state index in [1.807, 2.05) is 25.1 Å². The largest absolute Gasteiger partial charge is 0.493 e. The number of carbonyl (C=O) groups is 1. The van der Waals surface area contributed by atoms with E-state index in [0.29, 0.717) is 17.9 Å². The quantitative estimate of drug-likeness (QED) is 0.850. The summed E-state index contributed by atoms with van der Waals surface area (Å²) in [6.07, 6.45) is 0.325. The lowest BCUT2D eigenvalue weighted by atomic mass is 10.1. The van der Waals surface area contributed by atoms with Crippen molar-refractivity contribution in [2.24, 2.45) is 0 Å². The number of ether oxygens (including phenoxy) is 2. The molecule has 1 amide bonds. The Kier molecular flexibility index (Phi) is 5.03. The minimum absolute atomic E-state index is 0.0487. The molecule has 1 heterocycles. The van der Waals surface area contributed by atoms with Gasteiger partial charge in [0.05, 0.1) is 26.3 Å². The van der Waals surface area contributed by atoms with Gasteiger partial charge >= 0.3 is 0 Å². The minimum Gasteiger partial charge on any atom is -0.493 e. The van der Waals surface area contributed by atoms with E-state index in [2.05, 4.69) is 4.98 Å². The Labute approximate surface area is 134 Å². The van der Waals surface area contributed by atoms with Gasteiger partial charge in [-0.3, -0.25) is 4.79 Å². The molecule has 22 heavy (non-hydrogen) atoms. The third-order valence-electron chi connectivity index (χ3n) is 3.30. The number of nitrogens with zero attached hydrogens (tertiary/aromatic N) is 2. The molecular weight excluding hydrogens is 300 g/mol. The van der Waals surface area contributed by atoms with Crippen LogP contribution in [0.3, 0.4) is 0 Å². The summed E-state index contributed by atoms with van der Waals surface area (Å²) in [4.78, 5) is 19.1. The van der Waals surface area contributed by atoms with Crippen molar-refractivity contribution in [1.82, 2.24) is 9.88 Å². The second-order valence-electron chi connectivity index (χ2n) is 5.05. The predicted molar refractivity (Wildman–Crippen MR) is 87.8 cm³/mol. The zero-order chi connectivity index (χ0) is 16.3. The maximum Gasteiger partial charge on any atom is 0.228 e. The Balaban J connectivity index is 2.33. The molecule has 2 aromatic rings. The van der Waals surface area contributed by atoms with Gasteiger partial charge in [-0.15, -0.1) is 11.3 Å². The summed E-state index contributed by atoms with van der Waals surface area (Å²) >= 11 is 1.55. The predicted octanol–water partition coefficient (Wildman–Crippen LogP) is 2.77. The molecule has 1 aromatic carbocycles. The highest BCUT2D eigenvalue weighted by atomic mass is 32.1. The van der Waals surface area contributed by atoms with Gasteiger partial charge < -0.3 is 14.4 Å². The lowest BCUT2D eigenvalue weighted by Gasteiger charge is -2.09. The first-order valence-electron chi connectivity index (χ1n) is 6.85. The molecule has 0 atom stereocenters. The Morgan fingerprint density at radius 1 is 1.23 bits per heavy atom. The Hall–Kier alpha value is -2.08. The number of hydrogen-bond donors (Lipinski definition) is 0. The first-order valence-corrected chi connectivity index (χ1v) is 7.66. The molecule has 0 bridgehead atoms. The average Bonchev–Trinajstić information content (AvgIpc) is 2.86. The third-order valence-corrected chi connectivity index (χ3v) is 4.27. The van der Waals surface area contributed by atoms with Crippen LogP contribution >= 0.6 is 11.3 Å². The average molecular weight is 320 g/mol. The van der Waals surface area contributed by atoms with E-state index in [9.17, 15) is 4.79 Å². The van der Waals surface area contributed by atoms with Crippen LogP contribution in [0.5, 0.6) is 11.5 Å². The molecule has 0 aliphatic heterocycles. The summed E-state index contributed by atoms with van der Waals surface area (Å²) < 4.78 is 10.6. The number of thiazole rings is 1. The Morgan fingerprint density at radius 3 is 2.50 bits per heavy atom. The molecule has 0 N–H and O–H groups in total. The van der Waals surface area contributed by atoms with E-state index in [1.54, 1.807) is 44.6 Å². The van der Waals surface area contributed by atoms with E-state index >= 15 is 0 Å². The Bertz CT molecular complexity index is 680. The van der Waals surface area contributed by atoms with Crippen LogP contribution in [-0.2, 0) is 11.2 Å². The smallest absolute Gasteiger partial charge is 0.228 e. The number of aryl methyl sites for hydroxylation is 1. The number of carbonyl (C=O) groups excluding carboxylic acids is 1. The molecule has 0 saturated carbocycles. The highest BCUT2D eigenvalue weighted by Crippen LogP contribution is 2.34. The molecule has 6 heteroatoms. The molecular formula is C16H20N2O3S. The second-order valence-corrected chi connectivity index (χ2v) is 6.33. The van der Waals surface area contributed by atoms with E-state index in [4.69, 9.17) is 9.47 Å². The van der Waals surface area contributed by atoms with Crippen molar-refractivity contribution >= 4 is 17.2 Å². The van der Waals surface area contributed by atoms with Gasteiger partial charge in [0.15, 0.2) is 11.5 Å². The molecule has 0 fully saturated rings. The van der Waals surface area contributed by atoms with Crippen LogP contribution in [0.1, 0.15) is 9.88 Å². The van der Waals surface area contributed by atoms with Crippen molar-refractivity contribution < 1.29 is 14.3 Å². The summed E-state index contributed by atoms with van der Waals surface area (Å²) in [7, 11) is 6.71. The first kappa shape index (κ1) is 16.3. The van der Waals surface area contributed by atoms with Gasteiger partial charge in [-0.05, 0) is 25.1 Å². The fraction of sp³-hybridized carbons (Fsp3) is 0.375. The minimum atomic E-state index is 0.0487. The van der Waals surface area contributed by atoms with E-state index in [0.717, 1.165) is 21.1 Å². The van der Waals surface area contributed by atoms with Crippen molar-refractivity contribution in [2.45, 2.75) is 13.3 Å². The molecule has 0 radical (unpaired) electrons. The standard InChI is InChI=1S/C16H20N2O3S/c1-10-16(17-14(22-10)9-15(19)18(2)3)11-6-7-12(20-4)13(8-11)21-5/h6-8H,9H2,1-5H3. The van der Waals surface area contributed by atoms with Gasteiger partial charge in [0.1, 0.15) is 5.01 Å². The number of amides is 1. The van der Waals surface area contributed by atoms with Crippen molar-refractivity contribution in [3.63, 3.8) is 0 Å². The Morgan fingerprint density at radius 2 is 1.91 bits per heavy atom. The number of benzene rings is 1. The summed E-state index contributed by atoms with van der Waals surface area (Å²) in [6, 6.07) is 5.71. The van der Waals surface area contributed by atoms with Gasteiger partial charge in [0.2, 0.25) is 5.91 Å². The van der Waals surface area contributed by atoms with Gasteiger partial charge in [-0.1, -0.05) is 0 Å². The SMILES string of the molecule is COc1ccc(-c2nc(CC(=O)N(C)C)sc2C)cc1OC. The summed E-state index contributed by atoms with van der Waals surface area (Å²) in [5.41, 5.74) is 1.84. The topological polar surface area (TPSA) is 51.7 Å². The lowest BCUT2D eigenvalue weighted by molar-refractivity contribution is -0.127. The molecule has 0 saturated heterocycles. The number of rotatable bonds is 5. The number of likely N-dealkylation sites (N-methyl/N-ethyl adjacent to an activating group) is 1. The number of hydrogen-bond acceptors (Lipinski definition) is 5. The van der Waals surface area contributed by atoms with Gasteiger partial charge in [0.25, 0.3) is 0 Å². The van der Waals surface area contributed by atoms with Gasteiger partial charge in [-0.25, -0.2) is 4.98 Å². The fourth-order valence-electron chi connectivity index (χ4n) is 2.07. The number of aromatic nitrogens is 1.